The molecule has 154 valence electrons. The minimum absolute atomic E-state index is 0. The van der Waals surface area contributed by atoms with Crippen LogP contribution in [0.2, 0.25) is 0 Å². The zero-order valence-electron chi connectivity index (χ0n) is 15.7. The van der Waals surface area contributed by atoms with Crippen LogP contribution < -0.4 is 15.4 Å². The predicted octanol–water partition coefficient (Wildman–Crippen LogP) is 2.52. The predicted molar refractivity (Wildman–Crippen MR) is 121 cm³/mol. The fourth-order valence-corrected chi connectivity index (χ4v) is 3.39. The largest absolute Gasteiger partial charge is 0.357 e. The van der Waals surface area contributed by atoms with Crippen LogP contribution in [-0.2, 0) is 16.4 Å². The van der Waals surface area contributed by atoms with Gasteiger partial charge in [-0.15, -0.1) is 24.0 Å². The van der Waals surface area contributed by atoms with Crippen molar-refractivity contribution in [2.45, 2.75) is 18.2 Å². The number of hydrogen-bond acceptors (Lipinski definition) is 3. The van der Waals surface area contributed by atoms with Crippen molar-refractivity contribution >= 4 is 40.0 Å². The van der Waals surface area contributed by atoms with Crippen LogP contribution in [0, 0.1) is 5.82 Å². The van der Waals surface area contributed by atoms with Crippen molar-refractivity contribution < 1.29 is 12.8 Å². The molecule has 0 atom stereocenters. The number of aliphatic imine (C=N–C) groups is 1. The monoisotopic (exact) mass is 520 g/mol. The van der Waals surface area contributed by atoms with E-state index in [0.717, 1.165) is 12.0 Å². The Bertz CT molecular complexity index is 831. The Morgan fingerprint density at radius 3 is 2.32 bits per heavy atom. The number of rotatable bonds is 9. The first-order valence-corrected chi connectivity index (χ1v) is 10.3. The average Bonchev–Trinajstić information content (AvgIpc) is 2.67. The van der Waals surface area contributed by atoms with Gasteiger partial charge in [-0.05, 0) is 43.2 Å². The minimum atomic E-state index is -3.52. The Morgan fingerprint density at radius 1 is 1.00 bits per heavy atom. The van der Waals surface area contributed by atoms with Crippen LogP contribution in [0.5, 0.6) is 0 Å². The van der Waals surface area contributed by atoms with Gasteiger partial charge in [0.2, 0.25) is 10.0 Å². The van der Waals surface area contributed by atoms with Gasteiger partial charge in [0.25, 0.3) is 0 Å². The van der Waals surface area contributed by atoms with E-state index in [-0.39, 0.29) is 41.2 Å². The summed E-state index contributed by atoms with van der Waals surface area (Å²) >= 11 is 0. The number of guanidine groups is 1. The molecule has 0 aliphatic carbocycles. The number of sulfonamides is 1. The second kappa shape index (κ2) is 12.7. The van der Waals surface area contributed by atoms with Gasteiger partial charge in [0.05, 0.1) is 11.4 Å². The molecule has 2 rings (SSSR count). The summed E-state index contributed by atoms with van der Waals surface area (Å²) in [6.07, 6.45) is 0.728. The van der Waals surface area contributed by atoms with E-state index in [1.54, 1.807) is 42.5 Å². The molecule has 0 aliphatic heterocycles. The molecule has 0 bridgehead atoms. The Morgan fingerprint density at radius 2 is 1.68 bits per heavy atom. The van der Waals surface area contributed by atoms with Gasteiger partial charge in [-0.2, -0.15) is 0 Å². The molecule has 0 aliphatic rings. The number of benzene rings is 2. The number of nitrogens with zero attached hydrogens (tertiary/aromatic N) is 1. The summed E-state index contributed by atoms with van der Waals surface area (Å²) in [7, 11) is -3.52. The molecule has 0 aromatic heterocycles. The normalized spacial score (nSPS) is 11.6. The van der Waals surface area contributed by atoms with Gasteiger partial charge in [0.1, 0.15) is 5.82 Å². The maximum Gasteiger partial charge on any atom is 0.240 e. The van der Waals surface area contributed by atoms with Crippen molar-refractivity contribution in [2.75, 3.05) is 26.2 Å². The Kier molecular flexibility index (Phi) is 11.0. The van der Waals surface area contributed by atoms with Crippen molar-refractivity contribution in [3.63, 3.8) is 0 Å². The highest BCUT2D eigenvalue weighted by molar-refractivity contribution is 14.0. The molecule has 9 heteroatoms. The Hall–Kier alpha value is -1.72. The van der Waals surface area contributed by atoms with Crippen molar-refractivity contribution in [2.24, 2.45) is 4.99 Å². The van der Waals surface area contributed by atoms with E-state index >= 15 is 0 Å². The first-order valence-electron chi connectivity index (χ1n) is 8.82. The third-order valence-corrected chi connectivity index (χ3v) is 5.17. The van der Waals surface area contributed by atoms with Crippen LogP contribution in [-0.4, -0.2) is 40.6 Å². The molecule has 0 saturated carbocycles. The molecule has 0 radical (unpaired) electrons. The summed E-state index contributed by atoms with van der Waals surface area (Å²) in [5, 5.41) is 6.29. The van der Waals surface area contributed by atoms with Gasteiger partial charge in [-0.1, -0.05) is 30.3 Å². The van der Waals surface area contributed by atoms with E-state index < -0.39 is 10.0 Å². The molecule has 3 N–H and O–H groups in total. The Balaban J connectivity index is 0.00000392. The third kappa shape index (κ3) is 8.53. The van der Waals surface area contributed by atoms with E-state index in [9.17, 15) is 12.8 Å². The summed E-state index contributed by atoms with van der Waals surface area (Å²) in [5.41, 5.74) is 1.02. The van der Waals surface area contributed by atoms with Gasteiger partial charge in [0, 0.05) is 19.6 Å². The number of hydrogen-bond donors (Lipinski definition) is 3. The molecular formula is C19H26FIN4O2S. The quantitative estimate of drug-likeness (QED) is 0.206. The van der Waals surface area contributed by atoms with Crippen molar-refractivity contribution in [1.29, 1.82) is 0 Å². The fourth-order valence-electron chi connectivity index (χ4n) is 2.35. The lowest BCUT2D eigenvalue weighted by atomic mass is 10.1. The summed E-state index contributed by atoms with van der Waals surface area (Å²) in [6.45, 7) is 3.78. The number of nitrogens with one attached hydrogen (secondary N) is 3. The summed E-state index contributed by atoms with van der Waals surface area (Å²) in [6, 6.07) is 14.6. The molecule has 0 spiro atoms. The lowest BCUT2D eigenvalue weighted by molar-refractivity contribution is 0.582. The fraction of sp³-hybridized carbons (Fsp3) is 0.316. The molecule has 2 aromatic carbocycles. The summed E-state index contributed by atoms with van der Waals surface area (Å²) in [5.74, 6) is 0.359. The molecular weight excluding hydrogens is 494 g/mol. The van der Waals surface area contributed by atoms with E-state index in [4.69, 9.17) is 0 Å². The zero-order chi connectivity index (χ0) is 19.5. The highest BCUT2D eigenvalue weighted by atomic mass is 127. The van der Waals surface area contributed by atoms with Crippen molar-refractivity contribution in [1.82, 2.24) is 15.4 Å². The molecule has 28 heavy (non-hydrogen) atoms. The second-order valence-corrected chi connectivity index (χ2v) is 7.54. The smallest absolute Gasteiger partial charge is 0.240 e. The first-order chi connectivity index (χ1) is 13.0. The number of halogens is 2. The molecule has 6 nitrogen and oxygen atoms in total. The molecule has 2 aromatic rings. The standard InChI is InChI=1S/C19H25FN4O2S.HI/c1-2-21-19(22-13-12-16-8-10-17(20)11-9-16)23-14-15-24-27(25,26)18-6-4-3-5-7-18;/h3-11,24H,2,12-15H2,1H3,(H2,21,22,23);1H. The third-order valence-electron chi connectivity index (χ3n) is 3.69. The van der Waals surface area contributed by atoms with Crippen molar-refractivity contribution in [3.05, 3.63) is 66.0 Å². The van der Waals surface area contributed by atoms with Crippen LogP contribution in [0.1, 0.15) is 12.5 Å². The van der Waals surface area contributed by atoms with Gasteiger partial charge < -0.3 is 10.6 Å². The van der Waals surface area contributed by atoms with Crippen LogP contribution in [0.15, 0.2) is 64.5 Å². The first kappa shape index (κ1) is 24.3. The Labute approximate surface area is 183 Å². The van der Waals surface area contributed by atoms with Gasteiger partial charge in [0.15, 0.2) is 5.96 Å². The van der Waals surface area contributed by atoms with E-state index in [1.807, 2.05) is 6.92 Å². The molecule has 0 amide bonds. The van der Waals surface area contributed by atoms with Gasteiger partial charge in [-0.25, -0.2) is 17.5 Å². The summed E-state index contributed by atoms with van der Waals surface area (Å²) < 4.78 is 39.7. The molecule has 0 heterocycles. The topological polar surface area (TPSA) is 82.6 Å². The highest BCUT2D eigenvalue weighted by Gasteiger charge is 2.11. The SMILES string of the molecule is CCNC(=NCCNS(=O)(=O)c1ccccc1)NCCc1ccc(F)cc1.I. The van der Waals surface area contributed by atoms with Crippen molar-refractivity contribution in [3.8, 4) is 0 Å². The molecule has 0 saturated heterocycles. The maximum absolute atomic E-state index is 12.9. The van der Waals surface area contributed by atoms with Gasteiger partial charge >= 0.3 is 0 Å². The average molecular weight is 520 g/mol. The highest BCUT2D eigenvalue weighted by Crippen LogP contribution is 2.06. The molecule has 0 unspecified atom stereocenters. The summed E-state index contributed by atoms with van der Waals surface area (Å²) in [4.78, 5) is 4.60. The van der Waals surface area contributed by atoms with E-state index in [1.165, 1.54) is 12.1 Å². The zero-order valence-corrected chi connectivity index (χ0v) is 18.8. The van der Waals surface area contributed by atoms with Gasteiger partial charge in [-0.3, -0.25) is 4.99 Å². The maximum atomic E-state index is 12.9. The lowest BCUT2D eigenvalue weighted by Crippen LogP contribution is -2.39. The van der Waals surface area contributed by atoms with Crippen LogP contribution in [0.25, 0.3) is 0 Å². The minimum Gasteiger partial charge on any atom is -0.357 e. The van der Waals surface area contributed by atoms with E-state index in [0.29, 0.717) is 25.6 Å². The van der Waals surface area contributed by atoms with E-state index in [2.05, 4.69) is 20.3 Å². The van der Waals surface area contributed by atoms with Crippen LogP contribution >= 0.6 is 24.0 Å². The van der Waals surface area contributed by atoms with Crippen LogP contribution in [0.3, 0.4) is 0 Å². The second-order valence-electron chi connectivity index (χ2n) is 5.77. The molecule has 0 fully saturated rings. The van der Waals surface area contributed by atoms with Crippen LogP contribution in [0.4, 0.5) is 4.39 Å². The lowest BCUT2D eigenvalue weighted by Gasteiger charge is -2.11.